The number of nitrogens with zero attached hydrogens (tertiary/aromatic N) is 7. The molecule has 0 saturated carbocycles. The van der Waals surface area contributed by atoms with Crippen molar-refractivity contribution in [1.82, 2.24) is 66.3 Å². The van der Waals surface area contributed by atoms with Crippen molar-refractivity contribution in [3.8, 4) is 0 Å². The van der Waals surface area contributed by atoms with Gasteiger partial charge in [0.25, 0.3) is 0 Å². The van der Waals surface area contributed by atoms with Gasteiger partial charge >= 0.3 is 36.1 Å². The Kier molecular flexibility index (Phi) is 36.9. The number of aromatic nitrogens is 6. The average Bonchev–Trinajstić information content (AvgIpc) is 1.59. The van der Waals surface area contributed by atoms with E-state index in [1.165, 1.54) is 4.90 Å². The van der Waals surface area contributed by atoms with Crippen LogP contribution in [-0.4, -0.2) is 237 Å². The number of aliphatic hydroxyl groups is 1. The van der Waals surface area contributed by atoms with Crippen LogP contribution in [0.2, 0.25) is 0 Å². The summed E-state index contributed by atoms with van der Waals surface area (Å²) in [6, 6.07) is 7.30. The molecule has 37 heteroatoms. The molecule has 0 spiro atoms. The van der Waals surface area contributed by atoms with Crippen molar-refractivity contribution in [3.05, 3.63) is 71.8 Å². The van der Waals surface area contributed by atoms with Gasteiger partial charge in [-0.2, -0.15) is 0 Å². The van der Waals surface area contributed by atoms with Crippen LogP contribution in [0.5, 0.6) is 0 Å². The molecule has 5 rings (SSSR count). The highest BCUT2D eigenvalue weighted by atomic mass is 16.6. The molecule has 9 amide bonds. The fraction of sp³-hybridized carbons (Fsp3) is 0.582. The summed E-state index contributed by atoms with van der Waals surface area (Å²) in [4.78, 5) is 134. The number of ether oxygens (including phenoxy) is 7. The standard InChI is InChI=1S/C67H100N16O21/c1-6-81(39-52-77-57-58(83(52)42-67(4,5)97)47-12-7-8-13-48(47)73-59(57)68)66(96)104-40-44-16-18-45(19-17-44)72-60(88)49(15-11-25-71-64(69)94)74-61(89)56(43(2)3)78-54(85)23-28-99-31-33-101-35-32-100-29-26-82-38-46(79-80-82)41-103-37-36-102-34-30-98-27-22-53(84)70-24-10-9-14-50(62(90)91)75-65(95)76-51(63(92)93)20-21-55(86)87/h7-8,12-13,16-19,38,43,49-51,56,97H,6,9-11,14-15,20-37,39-42H2,1-5H3,(H2,68,73)(H,70,84)(H,72,88)(H,74,89)(H,78,85)(H,86,87)(H,90,91)(H,92,93)(H3,69,71,94)(H2,75,76,95)/t49-,50-,51-,56-/m0/s1. The zero-order chi connectivity index (χ0) is 76.0. The molecule has 5 aromatic rings. The number of urea groups is 2. The van der Waals surface area contributed by atoms with Crippen LogP contribution < -0.4 is 48.7 Å². The first-order valence-corrected chi connectivity index (χ1v) is 34.3. The molecule has 15 N–H and O–H groups in total. The van der Waals surface area contributed by atoms with Crippen molar-refractivity contribution >= 4 is 93.1 Å². The number of carboxylic acid groups (broad SMARTS) is 3. The monoisotopic (exact) mass is 1460 g/mol. The smallest absolute Gasteiger partial charge is 0.410 e. The quantitative estimate of drug-likeness (QED) is 0.0248. The Labute approximate surface area is 600 Å². The number of carbonyl (C=O) groups excluding carboxylic acids is 7. The molecular weight excluding hydrogens is 1360 g/mol. The maximum Gasteiger partial charge on any atom is 0.410 e. The van der Waals surface area contributed by atoms with E-state index in [0.717, 1.165) is 5.39 Å². The Morgan fingerprint density at radius 2 is 1.24 bits per heavy atom. The lowest BCUT2D eigenvalue weighted by molar-refractivity contribution is -0.141. The predicted molar refractivity (Wildman–Crippen MR) is 374 cm³/mol. The predicted octanol–water partition coefficient (Wildman–Crippen LogP) is 2.14. The van der Waals surface area contributed by atoms with Gasteiger partial charge in [0, 0.05) is 50.0 Å². The number of carbonyl (C=O) groups is 10. The SMILES string of the molecule is CCN(Cc1nc2c(N)nc3ccccc3c2n1CC(C)(C)O)C(=O)OCc1ccc(NC(=O)[C@H](CCCNC(N)=O)NC(=O)[C@@H](NC(=O)CCOCCOCCOCCn2cc(COCCOCCOCCC(=O)NCCCC[C@H](NC(=O)N[C@@H](CCC(=O)O)C(=O)O)C(=O)O)nn2)C(C)C)cc1. The largest absolute Gasteiger partial charge is 0.481 e. The Morgan fingerprint density at radius 1 is 0.644 bits per heavy atom. The van der Waals surface area contributed by atoms with Crippen LogP contribution in [0.3, 0.4) is 0 Å². The zero-order valence-corrected chi connectivity index (χ0v) is 59.4. The molecule has 104 heavy (non-hydrogen) atoms. The van der Waals surface area contributed by atoms with Gasteiger partial charge < -0.3 is 112 Å². The second-order valence-electron chi connectivity index (χ2n) is 24.9. The van der Waals surface area contributed by atoms with E-state index in [9.17, 15) is 63.3 Å². The van der Waals surface area contributed by atoms with Crippen LogP contribution >= 0.6 is 0 Å². The third-order valence-corrected chi connectivity index (χ3v) is 15.5. The first-order chi connectivity index (χ1) is 49.7. The number of anilines is 2. The summed E-state index contributed by atoms with van der Waals surface area (Å²) in [5.74, 6) is -5.62. The maximum atomic E-state index is 13.8. The number of primary amides is 1. The van der Waals surface area contributed by atoms with Gasteiger partial charge in [0.1, 0.15) is 47.8 Å². The summed E-state index contributed by atoms with van der Waals surface area (Å²) < 4.78 is 42.6. The van der Waals surface area contributed by atoms with E-state index < -0.39 is 90.0 Å². The third-order valence-electron chi connectivity index (χ3n) is 15.5. The number of rotatable bonds is 52. The number of imidazole rings is 1. The van der Waals surface area contributed by atoms with Crippen molar-refractivity contribution in [2.24, 2.45) is 11.7 Å². The fourth-order valence-corrected chi connectivity index (χ4v) is 10.1. The molecule has 37 nitrogen and oxygen atoms in total. The number of amides is 9. The van der Waals surface area contributed by atoms with Crippen molar-refractivity contribution < 1.29 is 102 Å². The van der Waals surface area contributed by atoms with Crippen LogP contribution in [0.1, 0.15) is 109 Å². The fourth-order valence-electron chi connectivity index (χ4n) is 10.1. The van der Waals surface area contributed by atoms with Crippen molar-refractivity contribution in [1.29, 1.82) is 0 Å². The summed E-state index contributed by atoms with van der Waals surface area (Å²) in [6.45, 7) is 12.7. The Balaban J connectivity index is 0.890. The molecule has 0 saturated heterocycles. The number of benzene rings is 2. The molecule has 2 aromatic carbocycles. The second-order valence-corrected chi connectivity index (χ2v) is 24.9. The summed E-state index contributed by atoms with van der Waals surface area (Å²) in [5.41, 5.74) is 13.9. The van der Waals surface area contributed by atoms with Gasteiger partial charge in [-0.05, 0) is 89.0 Å². The number of nitrogen functional groups attached to an aromatic ring is 1. The molecule has 0 fully saturated rings. The van der Waals surface area contributed by atoms with Gasteiger partial charge in [-0.15, -0.1) is 5.10 Å². The molecule has 0 aliphatic carbocycles. The number of nitrogens with one attached hydrogen (secondary N) is 7. The number of nitrogens with two attached hydrogens (primary N) is 2. The minimum absolute atomic E-state index is 0.000170. The highest BCUT2D eigenvalue weighted by Gasteiger charge is 2.31. The number of fused-ring (bicyclic) bond motifs is 3. The second kappa shape index (κ2) is 45.2. The number of hydrogen-bond acceptors (Lipinski definition) is 23. The average molecular weight is 1470 g/mol. The topological polar surface area (TPSA) is 517 Å². The van der Waals surface area contributed by atoms with Crippen LogP contribution in [0.15, 0.2) is 54.7 Å². The Bertz CT molecular complexity index is 3570. The van der Waals surface area contributed by atoms with E-state index in [-0.39, 0.29) is 162 Å². The Morgan fingerprint density at radius 3 is 1.86 bits per heavy atom. The molecule has 3 aromatic heterocycles. The van der Waals surface area contributed by atoms with Gasteiger partial charge in [-0.1, -0.05) is 49.4 Å². The number of hydrogen-bond donors (Lipinski definition) is 13. The normalized spacial score (nSPS) is 12.6. The van der Waals surface area contributed by atoms with Crippen LogP contribution in [-0.2, 0) is 99.6 Å². The van der Waals surface area contributed by atoms with Gasteiger partial charge in [0.2, 0.25) is 23.6 Å². The van der Waals surface area contributed by atoms with Gasteiger partial charge in [0.05, 0.1) is 122 Å². The number of unbranched alkanes of at least 4 members (excludes halogenated alkanes) is 1. The van der Waals surface area contributed by atoms with E-state index >= 15 is 0 Å². The van der Waals surface area contributed by atoms with E-state index in [1.54, 1.807) is 69.8 Å². The molecule has 0 unspecified atom stereocenters. The van der Waals surface area contributed by atoms with E-state index in [2.05, 4.69) is 52.5 Å². The van der Waals surface area contributed by atoms with Crippen LogP contribution in [0, 0.1) is 5.92 Å². The molecular formula is C67H100N16O21. The van der Waals surface area contributed by atoms with Crippen molar-refractivity contribution in [2.45, 2.75) is 155 Å². The molecule has 3 heterocycles. The number of aliphatic carboxylic acids is 3. The van der Waals surface area contributed by atoms with E-state index in [4.69, 9.17) is 54.7 Å². The van der Waals surface area contributed by atoms with E-state index in [1.807, 2.05) is 28.8 Å². The number of carboxylic acids is 3. The lowest BCUT2D eigenvalue weighted by Gasteiger charge is -2.25. The number of para-hydroxylation sites is 1. The zero-order valence-electron chi connectivity index (χ0n) is 59.4. The first-order valence-electron chi connectivity index (χ1n) is 34.3. The lowest BCUT2D eigenvalue weighted by atomic mass is 10.0. The molecule has 4 atom stereocenters. The summed E-state index contributed by atoms with van der Waals surface area (Å²) in [6.07, 6.45) is 1.34. The highest BCUT2D eigenvalue weighted by Crippen LogP contribution is 2.31. The molecule has 0 aliphatic heterocycles. The minimum Gasteiger partial charge on any atom is -0.481 e. The van der Waals surface area contributed by atoms with Gasteiger partial charge in [-0.3, -0.25) is 24.0 Å². The van der Waals surface area contributed by atoms with Gasteiger partial charge in [-0.25, -0.2) is 38.6 Å². The third kappa shape index (κ3) is 31.8. The highest BCUT2D eigenvalue weighted by molar-refractivity contribution is 6.06. The van der Waals surface area contributed by atoms with Gasteiger partial charge in [0.15, 0.2) is 5.82 Å². The maximum absolute atomic E-state index is 13.8. The van der Waals surface area contributed by atoms with E-state index in [0.29, 0.717) is 71.9 Å². The molecule has 574 valence electrons. The summed E-state index contributed by atoms with van der Waals surface area (Å²) in [5, 5.41) is 65.0. The lowest BCUT2D eigenvalue weighted by Crippen LogP contribution is -2.54. The summed E-state index contributed by atoms with van der Waals surface area (Å²) >= 11 is 0. The first kappa shape index (κ1) is 84.7. The van der Waals surface area contributed by atoms with Crippen molar-refractivity contribution in [2.75, 3.05) is 103 Å². The van der Waals surface area contributed by atoms with Crippen LogP contribution in [0.25, 0.3) is 21.9 Å². The molecule has 0 aliphatic rings. The van der Waals surface area contributed by atoms with Crippen molar-refractivity contribution in [3.63, 3.8) is 0 Å². The molecule has 0 bridgehead atoms. The summed E-state index contributed by atoms with van der Waals surface area (Å²) in [7, 11) is 0. The number of pyridine rings is 1. The molecule has 0 radical (unpaired) electrons. The Hall–Kier alpha value is -9.92. The van der Waals surface area contributed by atoms with Crippen LogP contribution in [0.4, 0.5) is 25.9 Å². The minimum atomic E-state index is -1.51.